The van der Waals surface area contributed by atoms with Gasteiger partial charge in [0.25, 0.3) is 5.91 Å². The first-order chi connectivity index (χ1) is 12.6. The fourth-order valence-electron chi connectivity index (χ4n) is 3.12. The normalized spacial score (nSPS) is 14.3. The number of amides is 1. The second-order valence-corrected chi connectivity index (χ2v) is 7.63. The average molecular weight is 377 g/mol. The molecule has 0 atom stereocenters. The van der Waals surface area contributed by atoms with E-state index in [1.807, 2.05) is 13.8 Å². The summed E-state index contributed by atoms with van der Waals surface area (Å²) in [4.78, 5) is 20.0. The van der Waals surface area contributed by atoms with Gasteiger partial charge >= 0.3 is 0 Å². The summed E-state index contributed by atoms with van der Waals surface area (Å²) < 4.78 is 2.07. The number of aromatic nitrogens is 3. The molecule has 0 aromatic carbocycles. The van der Waals surface area contributed by atoms with Gasteiger partial charge in [0.1, 0.15) is 4.88 Å². The number of fused-ring (bicyclic) bond motifs is 1. The van der Waals surface area contributed by atoms with Crippen LogP contribution in [0.5, 0.6) is 0 Å². The summed E-state index contributed by atoms with van der Waals surface area (Å²) >= 11 is 1.40. The van der Waals surface area contributed by atoms with Crippen molar-refractivity contribution >= 4 is 22.4 Å². The highest BCUT2D eigenvalue weighted by molar-refractivity contribution is 7.17. The smallest absolute Gasteiger partial charge is 0.263 e. The standard InChI is InChI=1S/C18H28N6OS/c1-4-6-7-23-8-9-24-15(12-23)10-14(22-24)11-20-17(25)16-13(3)21-18(26-16)19-5-2/h10H,4-9,11-12H2,1-3H3,(H,19,21)(H,20,25). The number of hydrogen-bond acceptors (Lipinski definition) is 6. The van der Waals surface area contributed by atoms with E-state index >= 15 is 0 Å². The average Bonchev–Trinajstić information content (AvgIpc) is 3.20. The molecule has 1 amide bonds. The van der Waals surface area contributed by atoms with Crippen molar-refractivity contribution in [1.29, 1.82) is 0 Å². The molecule has 7 nitrogen and oxygen atoms in total. The Balaban J connectivity index is 1.57. The van der Waals surface area contributed by atoms with Crippen molar-refractivity contribution in [2.45, 2.75) is 53.2 Å². The number of anilines is 1. The third kappa shape index (κ3) is 4.42. The van der Waals surface area contributed by atoms with E-state index in [1.165, 1.54) is 29.9 Å². The predicted octanol–water partition coefficient (Wildman–Crippen LogP) is 2.63. The summed E-state index contributed by atoms with van der Waals surface area (Å²) in [5.41, 5.74) is 2.92. The maximum Gasteiger partial charge on any atom is 0.263 e. The largest absolute Gasteiger partial charge is 0.362 e. The minimum atomic E-state index is -0.0836. The van der Waals surface area contributed by atoms with Gasteiger partial charge in [-0.3, -0.25) is 14.4 Å². The zero-order valence-corrected chi connectivity index (χ0v) is 16.7. The van der Waals surface area contributed by atoms with Crippen LogP contribution in [0.3, 0.4) is 0 Å². The fraction of sp³-hybridized carbons (Fsp3) is 0.611. The Morgan fingerprint density at radius 2 is 2.19 bits per heavy atom. The topological polar surface area (TPSA) is 75.1 Å². The molecule has 0 fully saturated rings. The molecule has 8 heteroatoms. The molecule has 0 saturated carbocycles. The lowest BCUT2D eigenvalue weighted by Crippen LogP contribution is -2.34. The quantitative estimate of drug-likeness (QED) is 0.741. The number of carbonyl (C=O) groups excluding carboxylic acids is 1. The van der Waals surface area contributed by atoms with Crippen molar-refractivity contribution in [2.24, 2.45) is 0 Å². The van der Waals surface area contributed by atoms with Crippen LogP contribution < -0.4 is 10.6 Å². The van der Waals surface area contributed by atoms with Gasteiger partial charge in [-0.2, -0.15) is 5.10 Å². The molecule has 0 aliphatic carbocycles. The molecule has 26 heavy (non-hydrogen) atoms. The molecule has 0 unspecified atom stereocenters. The number of thiazole rings is 1. The Kier molecular flexibility index (Phi) is 6.26. The van der Waals surface area contributed by atoms with Crippen molar-refractivity contribution in [2.75, 3.05) is 25.0 Å². The second-order valence-electron chi connectivity index (χ2n) is 6.63. The number of carbonyl (C=O) groups is 1. The van der Waals surface area contributed by atoms with Crippen molar-refractivity contribution in [3.05, 3.63) is 28.0 Å². The molecule has 3 rings (SSSR count). The van der Waals surface area contributed by atoms with Gasteiger partial charge in [0.2, 0.25) is 0 Å². The molecule has 2 aromatic rings. The lowest BCUT2D eigenvalue weighted by molar-refractivity contribution is 0.0953. The van der Waals surface area contributed by atoms with E-state index < -0.39 is 0 Å². The molecule has 1 aliphatic heterocycles. The first-order valence-electron chi connectivity index (χ1n) is 9.38. The summed E-state index contributed by atoms with van der Waals surface area (Å²) in [6, 6.07) is 2.11. The van der Waals surface area contributed by atoms with E-state index in [1.54, 1.807) is 0 Å². The SMILES string of the molecule is CCCCN1CCn2nc(CNC(=O)c3sc(NCC)nc3C)cc2C1. The Labute approximate surface area is 158 Å². The minimum absolute atomic E-state index is 0.0836. The number of unbranched alkanes of at least 4 members (excludes halogenated alkanes) is 1. The van der Waals surface area contributed by atoms with Gasteiger partial charge in [-0.05, 0) is 32.9 Å². The van der Waals surface area contributed by atoms with Crippen LogP contribution in [0.25, 0.3) is 0 Å². The molecule has 0 radical (unpaired) electrons. The number of hydrogen-bond donors (Lipinski definition) is 2. The first kappa shape index (κ1) is 18.8. The number of nitrogens with zero attached hydrogens (tertiary/aromatic N) is 4. The van der Waals surface area contributed by atoms with E-state index in [-0.39, 0.29) is 5.91 Å². The highest BCUT2D eigenvalue weighted by atomic mass is 32.1. The lowest BCUT2D eigenvalue weighted by Gasteiger charge is -2.27. The van der Waals surface area contributed by atoms with Crippen LogP contribution in [0.2, 0.25) is 0 Å². The summed E-state index contributed by atoms with van der Waals surface area (Å²) in [6.07, 6.45) is 2.46. The molecule has 3 heterocycles. The minimum Gasteiger partial charge on any atom is -0.362 e. The predicted molar refractivity (Wildman–Crippen MR) is 105 cm³/mol. The maximum absolute atomic E-state index is 12.5. The van der Waals surface area contributed by atoms with Crippen molar-refractivity contribution in [1.82, 2.24) is 25.0 Å². The molecule has 0 bridgehead atoms. The Morgan fingerprint density at radius 1 is 1.35 bits per heavy atom. The molecule has 0 saturated heterocycles. The summed E-state index contributed by atoms with van der Waals surface area (Å²) in [5.74, 6) is -0.0836. The molecular weight excluding hydrogens is 348 g/mol. The monoisotopic (exact) mass is 376 g/mol. The zero-order valence-electron chi connectivity index (χ0n) is 15.8. The second kappa shape index (κ2) is 8.64. The van der Waals surface area contributed by atoms with E-state index in [9.17, 15) is 4.79 Å². The fourth-order valence-corrected chi connectivity index (χ4v) is 4.07. The zero-order chi connectivity index (χ0) is 18.5. The third-order valence-electron chi connectivity index (χ3n) is 4.52. The van der Waals surface area contributed by atoms with Gasteiger partial charge in [-0.15, -0.1) is 0 Å². The van der Waals surface area contributed by atoms with Gasteiger partial charge in [0, 0.05) is 19.6 Å². The lowest BCUT2D eigenvalue weighted by atomic mass is 10.2. The van der Waals surface area contributed by atoms with Crippen LogP contribution in [0, 0.1) is 6.92 Å². The summed E-state index contributed by atoms with van der Waals surface area (Å²) in [5, 5.41) is 11.6. The third-order valence-corrected chi connectivity index (χ3v) is 5.63. The van der Waals surface area contributed by atoms with Crippen molar-refractivity contribution in [3.8, 4) is 0 Å². The van der Waals surface area contributed by atoms with Crippen LogP contribution >= 0.6 is 11.3 Å². The van der Waals surface area contributed by atoms with Crippen molar-refractivity contribution in [3.63, 3.8) is 0 Å². The molecule has 1 aliphatic rings. The molecule has 142 valence electrons. The van der Waals surface area contributed by atoms with Crippen LogP contribution in [-0.2, 0) is 19.6 Å². The van der Waals surface area contributed by atoms with Gasteiger partial charge in [0.15, 0.2) is 5.13 Å². The summed E-state index contributed by atoms with van der Waals surface area (Å²) in [7, 11) is 0. The van der Waals surface area contributed by atoms with Crippen LogP contribution in [0.1, 0.15) is 53.4 Å². The molecular formula is C18H28N6OS. The number of nitrogens with one attached hydrogen (secondary N) is 2. The molecule has 0 spiro atoms. The number of rotatable bonds is 8. The van der Waals surface area contributed by atoms with Gasteiger partial charge < -0.3 is 10.6 Å². The van der Waals surface area contributed by atoms with E-state index in [0.717, 1.165) is 49.2 Å². The van der Waals surface area contributed by atoms with Crippen LogP contribution in [-0.4, -0.2) is 45.2 Å². The molecule has 2 N–H and O–H groups in total. The van der Waals surface area contributed by atoms with Crippen LogP contribution in [0.4, 0.5) is 5.13 Å². The van der Waals surface area contributed by atoms with Gasteiger partial charge in [0.05, 0.1) is 30.2 Å². The number of aryl methyl sites for hydroxylation is 1. The first-order valence-corrected chi connectivity index (χ1v) is 10.2. The Morgan fingerprint density at radius 3 is 2.96 bits per heavy atom. The van der Waals surface area contributed by atoms with Gasteiger partial charge in [-0.25, -0.2) is 4.98 Å². The van der Waals surface area contributed by atoms with E-state index in [0.29, 0.717) is 11.4 Å². The molecule has 2 aromatic heterocycles. The highest BCUT2D eigenvalue weighted by Crippen LogP contribution is 2.22. The van der Waals surface area contributed by atoms with E-state index in [2.05, 4.69) is 43.3 Å². The van der Waals surface area contributed by atoms with Crippen molar-refractivity contribution < 1.29 is 4.79 Å². The van der Waals surface area contributed by atoms with Gasteiger partial charge in [-0.1, -0.05) is 24.7 Å². The van der Waals surface area contributed by atoms with Crippen LogP contribution in [0.15, 0.2) is 6.07 Å². The maximum atomic E-state index is 12.5. The summed E-state index contributed by atoms with van der Waals surface area (Å²) in [6.45, 7) is 11.4. The van der Waals surface area contributed by atoms with E-state index in [4.69, 9.17) is 0 Å². The Bertz CT molecular complexity index is 753. The highest BCUT2D eigenvalue weighted by Gasteiger charge is 2.19. The Hall–Kier alpha value is -1.93.